The Morgan fingerprint density at radius 3 is 2.04 bits per heavy atom. The Labute approximate surface area is 142 Å². The van der Waals surface area contributed by atoms with Crippen LogP contribution in [0.4, 0.5) is 0 Å². The van der Waals surface area contributed by atoms with Crippen LogP contribution in [0.25, 0.3) is 21.8 Å². The van der Waals surface area contributed by atoms with Crippen molar-refractivity contribution in [3.05, 3.63) is 73.1 Å². The molecule has 0 amide bonds. The van der Waals surface area contributed by atoms with Crippen LogP contribution < -0.4 is 0 Å². The van der Waals surface area contributed by atoms with Gasteiger partial charge in [0.25, 0.3) is 0 Å². The van der Waals surface area contributed by atoms with Gasteiger partial charge in [-0.25, -0.2) is 8.42 Å². The Morgan fingerprint density at radius 2 is 1.29 bits per heavy atom. The zero-order valence-electron chi connectivity index (χ0n) is 12.5. The second kappa shape index (κ2) is 5.89. The number of para-hydroxylation sites is 2. The molecule has 0 bridgehead atoms. The standard InChI is InChI=1S/C18H12N2O2S2/c21-24(22,16-10-2-6-14-8-4-12-20-18(14)16)23-15-9-1-5-13-7-3-11-19-17(13)15/h1-12H. The predicted molar refractivity (Wildman–Crippen MR) is 96.5 cm³/mol. The number of rotatable bonds is 3. The summed E-state index contributed by atoms with van der Waals surface area (Å²) in [5.74, 6) is 0. The molecule has 4 rings (SSSR count). The number of fused-ring (bicyclic) bond motifs is 2. The lowest BCUT2D eigenvalue weighted by atomic mass is 10.2. The van der Waals surface area contributed by atoms with Crippen LogP contribution in [0, 0.1) is 0 Å². The van der Waals surface area contributed by atoms with Gasteiger partial charge in [-0.1, -0.05) is 36.4 Å². The highest BCUT2D eigenvalue weighted by atomic mass is 33.1. The lowest BCUT2D eigenvalue weighted by Crippen LogP contribution is -1.98. The molecular formula is C18H12N2O2S2. The second-order valence-electron chi connectivity index (χ2n) is 5.20. The van der Waals surface area contributed by atoms with Gasteiger partial charge >= 0.3 is 0 Å². The first-order chi connectivity index (χ1) is 11.6. The summed E-state index contributed by atoms with van der Waals surface area (Å²) in [6.45, 7) is 0. The van der Waals surface area contributed by atoms with E-state index in [0.29, 0.717) is 15.9 Å². The number of hydrogen-bond acceptors (Lipinski definition) is 5. The minimum absolute atomic E-state index is 0.221. The summed E-state index contributed by atoms with van der Waals surface area (Å²) in [7, 11) is -2.80. The summed E-state index contributed by atoms with van der Waals surface area (Å²) in [6, 6.07) is 18.1. The Balaban J connectivity index is 1.86. The van der Waals surface area contributed by atoms with Crippen LogP contribution in [0.3, 0.4) is 0 Å². The van der Waals surface area contributed by atoms with Gasteiger partial charge in [0.15, 0.2) is 0 Å². The van der Waals surface area contributed by atoms with Crippen molar-refractivity contribution in [2.75, 3.05) is 0 Å². The maximum Gasteiger partial charge on any atom is 0.236 e. The number of benzene rings is 2. The zero-order chi connectivity index (χ0) is 16.6. The summed E-state index contributed by atoms with van der Waals surface area (Å²) in [5, 5.41) is 1.71. The van der Waals surface area contributed by atoms with Crippen molar-refractivity contribution in [1.29, 1.82) is 0 Å². The van der Waals surface area contributed by atoms with Gasteiger partial charge in [-0.05, 0) is 24.3 Å². The molecule has 6 heteroatoms. The van der Waals surface area contributed by atoms with Crippen molar-refractivity contribution in [2.24, 2.45) is 0 Å². The molecule has 2 aromatic carbocycles. The van der Waals surface area contributed by atoms with E-state index < -0.39 is 8.87 Å². The molecular weight excluding hydrogens is 340 g/mol. The molecule has 0 aliphatic carbocycles. The molecule has 2 aromatic heterocycles. The molecule has 0 saturated heterocycles. The van der Waals surface area contributed by atoms with E-state index >= 15 is 0 Å². The lowest BCUT2D eigenvalue weighted by molar-refractivity contribution is 0.611. The van der Waals surface area contributed by atoms with E-state index in [9.17, 15) is 8.42 Å². The molecule has 24 heavy (non-hydrogen) atoms. The molecule has 0 saturated carbocycles. The molecule has 2 heterocycles. The van der Waals surface area contributed by atoms with Gasteiger partial charge in [0.2, 0.25) is 8.87 Å². The number of hydrogen-bond donors (Lipinski definition) is 0. The quantitative estimate of drug-likeness (QED) is 0.516. The van der Waals surface area contributed by atoms with Gasteiger partial charge in [0.05, 0.1) is 11.0 Å². The highest BCUT2D eigenvalue weighted by Crippen LogP contribution is 2.36. The highest BCUT2D eigenvalue weighted by Gasteiger charge is 2.21. The van der Waals surface area contributed by atoms with Gasteiger partial charge in [-0.15, -0.1) is 0 Å². The fourth-order valence-electron chi connectivity index (χ4n) is 2.58. The van der Waals surface area contributed by atoms with Crippen molar-refractivity contribution in [2.45, 2.75) is 9.79 Å². The maximum atomic E-state index is 13.0. The van der Waals surface area contributed by atoms with Crippen LogP contribution >= 0.6 is 10.8 Å². The third-order valence-electron chi connectivity index (χ3n) is 3.66. The van der Waals surface area contributed by atoms with Crippen LogP contribution in [-0.4, -0.2) is 18.4 Å². The maximum absolute atomic E-state index is 13.0. The van der Waals surface area contributed by atoms with Crippen LogP contribution in [-0.2, 0) is 8.87 Å². The van der Waals surface area contributed by atoms with E-state index in [1.807, 2.05) is 36.4 Å². The van der Waals surface area contributed by atoms with Crippen molar-refractivity contribution >= 4 is 41.5 Å². The van der Waals surface area contributed by atoms with E-state index in [0.717, 1.165) is 21.6 Å². The first-order valence-corrected chi connectivity index (χ1v) is 10.1. The van der Waals surface area contributed by atoms with Crippen molar-refractivity contribution in [3.63, 3.8) is 0 Å². The molecule has 0 aliphatic heterocycles. The van der Waals surface area contributed by atoms with Crippen LogP contribution in [0.15, 0.2) is 82.8 Å². The highest BCUT2D eigenvalue weighted by molar-refractivity contribution is 8.72. The number of nitrogens with zero attached hydrogens (tertiary/aromatic N) is 2. The van der Waals surface area contributed by atoms with Crippen LogP contribution in [0.2, 0.25) is 0 Å². The number of pyridine rings is 2. The first-order valence-electron chi connectivity index (χ1n) is 7.27. The Hall–Kier alpha value is -2.44. The third kappa shape index (κ3) is 2.64. The molecule has 4 nitrogen and oxygen atoms in total. The van der Waals surface area contributed by atoms with Crippen LogP contribution in [0.1, 0.15) is 0 Å². The SMILES string of the molecule is O=S(=O)(Sc1cccc2cccnc12)c1cccc2cccnc12. The molecule has 0 radical (unpaired) electrons. The molecule has 0 atom stereocenters. The Morgan fingerprint density at radius 1 is 0.708 bits per heavy atom. The molecule has 0 unspecified atom stereocenters. The monoisotopic (exact) mass is 352 g/mol. The largest absolute Gasteiger partial charge is 0.255 e. The molecule has 0 N–H and O–H groups in total. The topological polar surface area (TPSA) is 59.9 Å². The summed E-state index contributed by atoms with van der Waals surface area (Å²) in [6.07, 6.45) is 3.27. The minimum Gasteiger partial charge on any atom is -0.255 e. The third-order valence-corrected chi connectivity index (χ3v) is 6.99. The average molecular weight is 352 g/mol. The van der Waals surface area contributed by atoms with Crippen molar-refractivity contribution in [3.8, 4) is 0 Å². The lowest BCUT2D eigenvalue weighted by Gasteiger charge is -2.08. The van der Waals surface area contributed by atoms with Gasteiger partial charge < -0.3 is 0 Å². The van der Waals surface area contributed by atoms with Crippen LogP contribution in [0.5, 0.6) is 0 Å². The molecule has 4 aromatic rings. The Bertz CT molecular complexity index is 1150. The molecule has 0 spiro atoms. The van der Waals surface area contributed by atoms with Gasteiger partial charge in [-0.3, -0.25) is 9.97 Å². The average Bonchev–Trinajstić information content (AvgIpc) is 2.61. The normalized spacial score (nSPS) is 11.8. The summed E-state index contributed by atoms with van der Waals surface area (Å²) in [4.78, 5) is 9.40. The van der Waals surface area contributed by atoms with Crippen molar-refractivity contribution in [1.82, 2.24) is 9.97 Å². The summed E-state index contributed by atoms with van der Waals surface area (Å²) >= 11 is 0. The van der Waals surface area contributed by atoms with Gasteiger partial charge in [0, 0.05) is 38.9 Å². The number of aromatic nitrogens is 2. The predicted octanol–water partition coefficient (Wildman–Crippen LogP) is 4.26. The molecule has 0 aliphatic rings. The van der Waals surface area contributed by atoms with Gasteiger partial charge in [-0.2, -0.15) is 0 Å². The fourth-order valence-corrected chi connectivity index (χ4v) is 5.73. The Kier molecular flexibility index (Phi) is 3.70. The van der Waals surface area contributed by atoms with E-state index in [-0.39, 0.29) is 4.90 Å². The molecule has 118 valence electrons. The van der Waals surface area contributed by atoms with E-state index in [4.69, 9.17) is 0 Å². The minimum atomic E-state index is -3.62. The van der Waals surface area contributed by atoms with E-state index in [1.54, 1.807) is 36.7 Å². The summed E-state index contributed by atoms with van der Waals surface area (Å²) in [5.41, 5.74) is 1.17. The smallest absolute Gasteiger partial charge is 0.236 e. The van der Waals surface area contributed by atoms with Crippen molar-refractivity contribution < 1.29 is 8.42 Å². The van der Waals surface area contributed by atoms with E-state index in [2.05, 4.69) is 9.97 Å². The second-order valence-corrected chi connectivity index (χ2v) is 8.97. The first kappa shape index (κ1) is 15.1. The molecule has 0 fully saturated rings. The summed E-state index contributed by atoms with van der Waals surface area (Å²) < 4.78 is 25.9. The van der Waals surface area contributed by atoms with Gasteiger partial charge in [0.1, 0.15) is 4.90 Å². The fraction of sp³-hybridized carbons (Fsp3) is 0. The van der Waals surface area contributed by atoms with E-state index in [1.165, 1.54) is 0 Å². The zero-order valence-corrected chi connectivity index (χ0v) is 14.1.